The zero-order chi connectivity index (χ0) is 12.8. The number of hydrogen-bond acceptors (Lipinski definition) is 3. The monoisotopic (exact) mass is 321 g/mol. The highest BCUT2D eigenvalue weighted by Gasteiger charge is 2.16. The molecule has 3 nitrogen and oxygen atoms in total. The van der Waals surface area contributed by atoms with E-state index in [2.05, 4.69) is 21.2 Å². The number of halogens is 2. The average Bonchev–Trinajstić information content (AvgIpc) is 2.30. The third-order valence-electron chi connectivity index (χ3n) is 2.58. The van der Waals surface area contributed by atoms with Gasteiger partial charge in [0.05, 0.1) is 24.3 Å². The topological polar surface area (TPSA) is 41.5 Å². The van der Waals surface area contributed by atoms with Gasteiger partial charge in [0.15, 0.2) is 0 Å². The molecule has 0 bridgehead atoms. The maximum absolute atomic E-state index is 9.35. The third-order valence-corrected chi connectivity index (χ3v) is 3.80. The standard InChI is InChI=1S/C12H17BrClNO2/c1-8(7-17-2)12(6-16)15-9-3-4-11(14)10(13)5-9/h3-5,8,12,15-16H,6-7H2,1-2H3. The van der Waals surface area contributed by atoms with Crippen molar-refractivity contribution in [2.75, 3.05) is 25.6 Å². The molecule has 0 amide bonds. The van der Waals surface area contributed by atoms with Crippen molar-refractivity contribution in [1.82, 2.24) is 0 Å². The lowest BCUT2D eigenvalue weighted by atomic mass is 10.0. The van der Waals surface area contributed by atoms with E-state index >= 15 is 0 Å². The van der Waals surface area contributed by atoms with Crippen molar-refractivity contribution in [3.05, 3.63) is 27.7 Å². The minimum atomic E-state index is -0.0389. The number of aliphatic hydroxyl groups excluding tert-OH is 1. The van der Waals surface area contributed by atoms with Crippen LogP contribution in [0.4, 0.5) is 5.69 Å². The number of nitrogens with one attached hydrogen (secondary N) is 1. The lowest BCUT2D eigenvalue weighted by molar-refractivity contribution is 0.132. The molecule has 2 atom stereocenters. The van der Waals surface area contributed by atoms with Gasteiger partial charge in [0.2, 0.25) is 0 Å². The van der Waals surface area contributed by atoms with Crippen molar-refractivity contribution >= 4 is 33.2 Å². The molecule has 0 spiro atoms. The van der Waals surface area contributed by atoms with E-state index in [0.29, 0.717) is 11.6 Å². The van der Waals surface area contributed by atoms with Crippen molar-refractivity contribution in [2.45, 2.75) is 13.0 Å². The predicted molar refractivity (Wildman–Crippen MR) is 74.7 cm³/mol. The van der Waals surface area contributed by atoms with E-state index in [1.165, 1.54) is 0 Å². The molecule has 0 heterocycles. The van der Waals surface area contributed by atoms with E-state index in [4.69, 9.17) is 16.3 Å². The van der Waals surface area contributed by atoms with Crippen LogP contribution in [0.25, 0.3) is 0 Å². The molecular weight excluding hydrogens is 305 g/mol. The van der Waals surface area contributed by atoms with Gasteiger partial charge in [-0.05, 0) is 34.1 Å². The molecule has 1 aromatic carbocycles. The summed E-state index contributed by atoms with van der Waals surface area (Å²) in [6, 6.07) is 5.55. The van der Waals surface area contributed by atoms with Crippen molar-refractivity contribution in [3.63, 3.8) is 0 Å². The molecule has 0 aliphatic heterocycles. The summed E-state index contributed by atoms with van der Waals surface area (Å²) in [5.74, 6) is 0.222. The van der Waals surface area contributed by atoms with Crippen molar-refractivity contribution in [2.24, 2.45) is 5.92 Å². The summed E-state index contributed by atoms with van der Waals surface area (Å²) in [5, 5.41) is 13.3. The number of hydrogen-bond donors (Lipinski definition) is 2. The maximum atomic E-state index is 9.35. The zero-order valence-electron chi connectivity index (χ0n) is 9.91. The Morgan fingerprint density at radius 3 is 2.76 bits per heavy atom. The highest BCUT2D eigenvalue weighted by atomic mass is 79.9. The van der Waals surface area contributed by atoms with Crippen LogP contribution in [0, 0.1) is 5.92 Å². The fourth-order valence-electron chi connectivity index (χ4n) is 1.55. The summed E-state index contributed by atoms with van der Waals surface area (Å²) in [4.78, 5) is 0. The van der Waals surface area contributed by atoms with Crippen LogP contribution in [0.3, 0.4) is 0 Å². The molecule has 0 saturated heterocycles. The SMILES string of the molecule is COCC(C)C(CO)Nc1ccc(Cl)c(Br)c1. The molecule has 0 saturated carbocycles. The van der Waals surface area contributed by atoms with E-state index in [-0.39, 0.29) is 18.6 Å². The van der Waals surface area contributed by atoms with E-state index < -0.39 is 0 Å². The first-order valence-corrected chi connectivity index (χ1v) is 6.57. The fraction of sp³-hybridized carbons (Fsp3) is 0.500. The number of anilines is 1. The second-order valence-corrected chi connectivity index (χ2v) is 5.26. The van der Waals surface area contributed by atoms with Crippen LogP contribution in [-0.2, 0) is 4.74 Å². The van der Waals surface area contributed by atoms with Crippen LogP contribution in [0.2, 0.25) is 5.02 Å². The second-order valence-electron chi connectivity index (χ2n) is 3.99. The largest absolute Gasteiger partial charge is 0.394 e. The summed E-state index contributed by atoms with van der Waals surface area (Å²) in [5.41, 5.74) is 0.920. The molecule has 1 rings (SSSR count). The van der Waals surface area contributed by atoms with Gasteiger partial charge in [0.25, 0.3) is 0 Å². The van der Waals surface area contributed by atoms with Gasteiger partial charge in [-0.1, -0.05) is 18.5 Å². The predicted octanol–water partition coefficient (Wildman–Crippen LogP) is 3.16. The Hall–Kier alpha value is -0.290. The normalized spacial score (nSPS) is 14.4. The van der Waals surface area contributed by atoms with E-state index in [9.17, 15) is 5.11 Å². The molecule has 96 valence electrons. The summed E-state index contributed by atoms with van der Waals surface area (Å²) in [6.07, 6.45) is 0. The highest BCUT2D eigenvalue weighted by molar-refractivity contribution is 9.10. The van der Waals surface area contributed by atoms with Crippen LogP contribution < -0.4 is 5.32 Å². The van der Waals surface area contributed by atoms with Crippen molar-refractivity contribution < 1.29 is 9.84 Å². The first kappa shape index (κ1) is 14.8. The van der Waals surface area contributed by atoms with Gasteiger partial charge in [-0.2, -0.15) is 0 Å². The molecule has 0 aliphatic carbocycles. The van der Waals surface area contributed by atoms with Crippen LogP contribution in [0.1, 0.15) is 6.92 Å². The van der Waals surface area contributed by atoms with Crippen LogP contribution in [-0.4, -0.2) is 31.5 Å². The molecule has 0 radical (unpaired) electrons. The molecule has 0 aliphatic rings. The minimum absolute atomic E-state index is 0.0389. The Kier molecular flexibility index (Phi) is 6.27. The summed E-state index contributed by atoms with van der Waals surface area (Å²) in [7, 11) is 1.66. The van der Waals surface area contributed by atoms with Crippen LogP contribution in [0.15, 0.2) is 22.7 Å². The fourth-order valence-corrected chi connectivity index (χ4v) is 2.04. The zero-order valence-corrected chi connectivity index (χ0v) is 12.3. The van der Waals surface area contributed by atoms with Gasteiger partial charge in [-0.3, -0.25) is 0 Å². The number of ether oxygens (including phenoxy) is 1. The maximum Gasteiger partial charge on any atom is 0.0636 e. The first-order chi connectivity index (χ1) is 8.08. The Balaban J connectivity index is 2.70. The molecule has 17 heavy (non-hydrogen) atoms. The number of rotatable bonds is 6. The molecule has 5 heteroatoms. The number of aliphatic hydroxyl groups is 1. The number of methoxy groups -OCH3 is 1. The molecule has 0 aromatic heterocycles. The van der Waals surface area contributed by atoms with E-state index in [0.717, 1.165) is 10.2 Å². The van der Waals surface area contributed by atoms with Gasteiger partial charge < -0.3 is 15.2 Å². The van der Waals surface area contributed by atoms with E-state index in [1.807, 2.05) is 25.1 Å². The van der Waals surface area contributed by atoms with Crippen molar-refractivity contribution in [1.29, 1.82) is 0 Å². The van der Waals surface area contributed by atoms with Gasteiger partial charge in [-0.25, -0.2) is 0 Å². The summed E-state index contributed by atoms with van der Waals surface area (Å²) < 4.78 is 5.92. The molecule has 2 unspecified atom stereocenters. The quantitative estimate of drug-likeness (QED) is 0.845. The Bertz CT molecular complexity index is 362. The van der Waals surface area contributed by atoms with Gasteiger partial charge >= 0.3 is 0 Å². The van der Waals surface area contributed by atoms with Crippen LogP contribution in [0.5, 0.6) is 0 Å². The van der Waals surface area contributed by atoms with E-state index in [1.54, 1.807) is 7.11 Å². The number of benzene rings is 1. The first-order valence-electron chi connectivity index (χ1n) is 5.40. The minimum Gasteiger partial charge on any atom is -0.394 e. The Labute approximate surface area is 115 Å². The van der Waals surface area contributed by atoms with Crippen molar-refractivity contribution in [3.8, 4) is 0 Å². The highest BCUT2D eigenvalue weighted by Crippen LogP contribution is 2.26. The summed E-state index contributed by atoms with van der Waals surface area (Å²) >= 11 is 9.29. The lowest BCUT2D eigenvalue weighted by Crippen LogP contribution is -2.33. The van der Waals surface area contributed by atoms with Gasteiger partial charge in [0, 0.05) is 23.2 Å². The average molecular weight is 323 g/mol. The smallest absolute Gasteiger partial charge is 0.0636 e. The molecular formula is C12H17BrClNO2. The summed E-state index contributed by atoms with van der Waals surface area (Å²) in [6.45, 7) is 2.69. The van der Waals surface area contributed by atoms with Gasteiger partial charge in [0.1, 0.15) is 0 Å². The lowest BCUT2D eigenvalue weighted by Gasteiger charge is -2.24. The Morgan fingerprint density at radius 1 is 1.53 bits per heavy atom. The Morgan fingerprint density at radius 2 is 2.24 bits per heavy atom. The third kappa shape index (κ3) is 4.47. The molecule has 1 aromatic rings. The molecule has 2 N–H and O–H groups in total. The second kappa shape index (κ2) is 7.21. The van der Waals surface area contributed by atoms with Gasteiger partial charge in [-0.15, -0.1) is 0 Å². The van der Waals surface area contributed by atoms with Crippen LogP contribution >= 0.6 is 27.5 Å². The molecule has 0 fully saturated rings.